The van der Waals surface area contributed by atoms with Gasteiger partial charge in [0.15, 0.2) is 0 Å². The van der Waals surface area contributed by atoms with Gasteiger partial charge >= 0.3 is 0 Å². The van der Waals surface area contributed by atoms with E-state index in [2.05, 4.69) is 21.8 Å². The Kier molecular flexibility index (Phi) is 3.72. The molecule has 1 aromatic heterocycles. The third-order valence-electron chi connectivity index (χ3n) is 3.48. The summed E-state index contributed by atoms with van der Waals surface area (Å²) in [7, 11) is 0. The molecule has 4 nitrogen and oxygen atoms in total. The second-order valence-corrected chi connectivity index (χ2v) is 4.43. The third kappa shape index (κ3) is 2.32. The molecule has 2 N–H and O–H groups in total. The minimum atomic E-state index is 0.404. The average molecular weight is 220 g/mol. The zero-order valence-corrected chi connectivity index (χ0v) is 9.84. The molecule has 2 heterocycles. The molecule has 1 aliphatic rings. The topological polar surface area (TPSA) is 55.0 Å². The van der Waals surface area contributed by atoms with E-state index in [1.165, 1.54) is 19.3 Å². The largest absolute Gasteiger partial charge is 0.337 e. The Morgan fingerprint density at radius 3 is 2.81 bits per heavy atom. The van der Waals surface area contributed by atoms with E-state index < -0.39 is 0 Å². The Hall–Kier alpha value is -1.16. The lowest BCUT2D eigenvalue weighted by Crippen LogP contribution is -2.47. The zero-order valence-electron chi connectivity index (χ0n) is 9.84. The summed E-state index contributed by atoms with van der Waals surface area (Å²) in [5, 5.41) is 0. The molecule has 1 fully saturated rings. The van der Waals surface area contributed by atoms with Crippen LogP contribution in [0.4, 0.5) is 5.95 Å². The molecule has 0 aromatic carbocycles. The number of hydrogen-bond donors (Lipinski definition) is 1. The fourth-order valence-corrected chi connectivity index (χ4v) is 2.43. The number of nitrogens with two attached hydrogens (primary N) is 1. The van der Waals surface area contributed by atoms with E-state index in [0.717, 1.165) is 18.4 Å². The van der Waals surface area contributed by atoms with E-state index in [9.17, 15) is 0 Å². The van der Waals surface area contributed by atoms with Crippen molar-refractivity contribution in [2.45, 2.75) is 32.2 Å². The molecular weight excluding hydrogens is 200 g/mol. The average Bonchev–Trinajstić information content (AvgIpc) is 2.39. The van der Waals surface area contributed by atoms with E-state index in [1.807, 2.05) is 6.07 Å². The van der Waals surface area contributed by atoms with Gasteiger partial charge in [0.1, 0.15) is 0 Å². The standard InChI is InChI=1S/C12H20N4/c1-2-10-4-7-16(11(8-10)9-13)12-14-5-3-6-15-12/h3,5-6,10-11H,2,4,7-9,13H2,1H3. The first-order valence-corrected chi connectivity index (χ1v) is 6.08. The summed E-state index contributed by atoms with van der Waals surface area (Å²) >= 11 is 0. The van der Waals surface area contributed by atoms with Crippen molar-refractivity contribution >= 4 is 5.95 Å². The molecule has 0 bridgehead atoms. The first kappa shape index (κ1) is 11.3. The van der Waals surface area contributed by atoms with Crippen LogP contribution in [0.25, 0.3) is 0 Å². The number of anilines is 1. The molecule has 0 saturated carbocycles. The van der Waals surface area contributed by atoms with Gasteiger partial charge in [0.2, 0.25) is 5.95 Å². The second kappa shape index (κ2) is 5.25. The Bertz CT molecular complexity index is 314. The number of rotatable bonds is 3. The van der Waals surface area contributed by atoms with Crippen LogP contribution in [-0.2, 0) is 0 Å². The van der Waals surface area contributed by atoms with E-state index in [0.29, 0.717) is 12.6 Å². The van der Waals surface area contributed by atoms with Crippen LogP contribution >= 0.6 is 0 Å². The Labute approximate surface area is 96.9 Å². The molecule has 1 aliphatic heterocycles. The SMILES string of the molecule is CCC1CCN(c2ncccn2)C(CN)C1. The predicted octanol–water partition coefficient (Wildman–Crippen LogP) is 1.43. The van der Waals surface area contributed by atoms with E-state index in [1.54, 1.807) is 12.4 Å². The highest BCUT2D eigenvalue weighted by molar-refractivity contribution is 5.31. The minimum absolute atomic E-state index is 0.404. The lowest BCUT2D eigenvalue weighted by molar-refractivity contribution is 0.332. The number of piperidine rings is 1. The van der Waals surface area contributed by atoms with Crippen LogP contribution < -0.4 is 10.6 Å². The number of nitrogens with zero attached hydrogens (tertiary/aromatic N) is 3. The summed E-state index contributed by atoms with van der Waals surface area (Å²) < 4.78 is 0. The van der Waals surface area contributed by atoms with E-state index in [-0.39, 0.29) is 0 Å². The highest BCUT2D eigenvalue weighted by Crippen LogP contribution is 2.26. The van der Waals surface area contributed by atoms with Crippen molar-refractivity contribution in [2.24, 2.45) is 11.7 Å². The molecule has 0 radical (unpaired) electrons. The van der Waals surface area contributed by atoms with Gasteiger partial charge in [0.25, 0.3) is 0 Å². The lowest BCUT2D eigenvalue weighted by atomic mass is 9.89. The van der Waals surface area contributed by atoms with Gasteiger partial charge in [0.05, 0.1) is 0 Å². The van der Waals surface area contributed by atoms with E-state index in [4.69, 9.17) is 5.73 Å². The van der Waals surface area contributed by atoms with Crippen LogP contribution in [0.5, 0.6) is 0 Å². The Morgan fingerprint density at radius 2 is 2.19 bits per heavy atom. The van der Waals surface area contributed by atoms with Crippen molar-refractivity contribution in [2.75, 3.05) is 18.0 Å². The van der Waals surface area contributed by atoms with Gasteiger partial charge in [-0.3, -0.25) is 0 Å². The van der Waals surface area contributed by atoms with Crippen molar-refractivity contribution in [1.82, 2.24) is 9.97 Å². The molecule has 4 heteroatoms. The summed E-state index contributed by atoms with van der Waals surface area (Å²) in [5.74, 6) is 1.64. The van der Waals surface area contributed by atoms with Gasteiger partial charge in [-0.15, -0.1) is 0 Å². The van der Waals surface area contributed by atoms with Gasteiger partial charge in [-0.2, -0.15) is 0 Å². The van der Waals surface area contributed by atoms with Crippen molar-refractivity contribution in [3.05, 3.63) is 18.5 Å². The van der Waals surface area contributed by atoms with Gasteiger partial charge in [-0.25, -0.2) is 9.97 Å². The van der Waals surface area contributed by atoms with Gasteiger partial charge < -0.3 is 10.6 Å². The maximum atomic E-state index is 5.85. The van der Waals surface area contributed by atoms with E-state index >= 15 is 0 Å². The first-order valence-electron chi connectivity index (χ1n) is 6.08. The molecule has 2 rings (SSSR count). The van der Waals surface area contributed by atoms with Gasteiger partial charge in [-0.1, -0.05) is 13.3 Å². The van der Waals surface area contributed by atoms with Crippen molar-refractivity contribution in [3.8, 4) is 0 Å². The monoisotopic (exact) mass is 220 g/mol. The summed E-state index contributed by atoms with van der Waals surface area (Å²) in [4.78, 5) is 10.9. The zero-order chi connectivity index (χ0) is 11.4. The molecule has 2 atom stereocenters. The third-order valence-corrected chi connectivity index (χ3v) is 3.48. The highest BCUT2D eigenvalue weighted by atomic mass is 15.3. The Balaban J connectivity index is 2.10. The first-order chi connectivity index (χ1) is 7.85. The predicted molar refractivity (Wildman–Crippen MR) is 65.2 cm³/mol. The minimum Gasteiger partial charge on any atom is -0.337 e. The molecule has 0 spiro atoms. The van der Waals surface area contributed by atoms with Crippen LogP contribution in [0, 0.1) is 5.92 Å². The van der Waals surface area contributed by atoms with Crippen LogP contribution in [0.2, 0.25) is 0 Å². The summed E-state index contributed by atoms with van der Waals surface area (Å²) in [5.41, 5.74) is 5.85. The maximum absolute atomic E-state index is 5.85. The quantitative estimate of drug-likeness (QED) is 0.837. The van der Waals surface area contributed by atoms with Gasteiger partial charge in [-0.05, 0) is 24.8 Å². The van der Waals surface area contributed by atoms with Crippen molar-refractivity contribution < 1.29 is 0 Å². The molecule has 2 unspecified atom stereocenters. The fourth-order valence-electron chi connectivity index (χ4n) is 2.43. The molecule has 0 amide bonds. The number of aromatic nitrogens is 2. The number of hydrogen-bond acceptors (Lipinski definition) is 4. The van der Waals surface area contributed by atoms with Crippen molar-refractivity contribution in [1.29, 1.82) is 0 Å². The lowest BCUT2D eigenvalue weighted by Gasteiger charge is -2.38. The normalized spacial score (nSPS) is 25.8. The highest BCUT2D eigenvalue weighted by Gasteiger charge is 2.27. The Morgan fingerprint density at radius 1 is 1.44 bits per heavy atom. The molecule has 0 aliphatic carbocycles. The molecule has 16 heavy (non-hydrogen) atoms. The molecule has 1 saturated heterocycles. The van der Waals surface area contributed by atoms with Crippen LogP contribution in [0.3, 0.4) is 0 Å². The van der Waals surface area contributed by atoms with Crippen molar-refractivity contribution in [3.63, 3.8) is 0 Å². The van der Waals surface area contributed by atoms with Crippen LogP contribution in [0.15, 0.2) is 18.5 Å². The fraction of sp³-hybridized carbons (Fsp3) is 0.667. The molecule has 88 valence electrons. The molecule has 1 aromatic rings. The van der Waals surface area contributed by atoms with Crippen LogP contribution in [0.1, 0.15) is 26.2 Å². The molecular formula is C12H20N4. The summed E-state index contributed by atoms with van der Waals surface area (Å²) in [6.45, 7) is 3.98. The smallest absolute Gasteiger partial charge is 0.225 e. The summed E-state index contributed by atoms with van der Waals surface area (Å²) in [6.07, 6.45) is 7.24. The maximum Gasteiger partial charge on any atom is 0.225 e. The van der Waals surface area contributed by atoms with Gasteiger partial charge in [0, 0.05) is 31.5 Å². The summed E-state index contributed by atoms with van der Waals surface area (Å²) in [6, 6.07) is 2.25. The second-order valence-electron chi connectivity index (χ2n) is 4.43. The van der Waals surface area contributed by atoms with Crippen LogP contribution in [-0.4, -0.2) is 29.1 Å².